The van der Waals surface area contributed by atoms with Crippen LogP contribution in [-0.2, 0) is 4.74 Å². The van der Waals surface area contributed by atoms with Gasteiger partial charge in [-0.05, 0) is 24.3 Å². The molecule has 0 spiro atoms. The van der Waals surface area contributed by atoms with Gasteiger partial charge in [-0.2, -0.15) is 0 Å². The highest BCUT2D eigenvalue weighted by Crippen LogP contribution is 2.33. The maximum atomic E-state index is 12.4. The van der Waals surface area contributed by atoms with Gasteiger partial charge in [0.1, 0.15) is 10.9 Å². The number of carbonyl (C=O) groups excluding carboxylic acids is 1. The second kappa shape index (κ2) is 6.23. The highest BCUT2D eigenvalue weighted by molar-refractivity contribution is 6.29. The van der Waals surface area contributed by atoms with Crippen molar-refractivity contribution < 1.29 is 27.4 Å². The average Bonchev–Trinajstić information content (AvgIpc) is 2.44. The van der Waals surface area contributed by atoms with Crippen molar-refractivity contribution >= 4 is 17.6 Å². The third-order valence-corrected chi connectivity index (χ3v) is 2.80. The number of rotatable bonds is 3. The number of hydrogen-bond acceptors (Lipinski definition) is 4. The van der Waals surface area contributed by atoms with Crippen LogP contribution in [-0.4, -0.2) is 24.4 Å². The van der Waals surface area contributed by atoms with Gasteiger partial charge in [-0.1, -0.05) is 23.7 Å². The predicted octanol–water partition coefficient (Wildman–Crippen LogP) is 4.09. The van der Waals surface area contributed by atoms with Crippen LogP contribution >= 0.6 is 11.6 Å². The Morgan fingerprint density at radius 2 is 1.91 bits per heavy atom. The van der Waals surface area contributed by atoms with Crippen molar-refractivity contribution in [1.82, 2.24) is 4.98 Å². The summed E-state index contributed by atoms with van der Waals surface area (Å²) >= 11 is 5.80. The Labute approximate surface area is 128 Å². The zero-order valence-electron chi connectivity index (χ0n) is 11.1. The van der Waals surface area contributed by atoms with Gasteiger partial charge in [-0.25, -0.2) is 9.78 Å². The molecule has 0 fully saturated rings. The van der Waals surface area contributed by atoms with E-state index in [9.17, 15) is 18.0 Å². The second-order valence-electron chi connectivity index (χ2n) is 4.10. The molecule has 0 N–H and O–H groups in total. The molecule has 0 saturated carbocycles. The summed E-state index contributed by atoms with van der Waals surface area (Å²) in [5.41, 5.74) is 0.180. The average molecular weight is 332 g/mol. The van der Waals surface area contributed by atoms with Crippen LogP contribution in [0.3, 0.4) is 0 Å². The van der Waals surface area contributed by atoms with Gasteiger partial charge in [0.2, 0.25) is 0 Å². The van der Waals surface area contributed by atoms with Crippen molar-refractivity contribution in [1.29, 1.82) is 0 Å². The molecule has 0 aliphatic heterocycles. The lowest BCUT2D eigenvalue weighted by Crippen LogP contribution is -2.17. The van der Waals surface area contributed by atoms with Gasteiger partial charge in [0.15, 0.2) is 0 Å². The molecule has 1 aromatic heterocycles. The molecule has 0 radical (unpaired) electrons. The largest absolute Gasteiger partial charge is 0.573 e. The van der Waals surface area contributed by atoms with E-state index < -0.39 is 18.1 Å². The Morgan fingerprint density at radius 1 is 1.23 bits per heavy atom. The van der Waals surface area contributed by atoms with Crippen LogP contribution in [0.4, 0.5) is 13.2 Å². The fourth-order valence-corrected chi connectivity index (χ4v) is 1.97. The Kier molecular flexibility index (Phi) is 4.56. The highest BCUT2D eigenvalue weighted by atomic mass is 35.5. The van der Waals surface area contributed by atoms with Crippen molar-refractivity contribution in [3.63, 3.8) is 0 Å². The highest BCUT2D eigenvalue weighted by Gasteiger charge is 2.32. The summed E-state index contributed by atoms with van der Waals surface area (Å²) in [7, 11) is 1.18. The minimum absolute atomic E-state index is 0.0486. The lowest BCUT2D eigenvalue weighted by atomic mass is 10.1. The lowest BCUT2D eigenvalue weighted by molar-refractivity contribution is -0.274. The number of ether oxygens (including phenoxy) is 2. The van der Waals surface area contributed by atoms with E-state index in [2.05, 4.69) is 14.5 Å². The molecule has 0 aliphatic carbocycles. The van der Waals surface area contributed by atoms with E-state index in [4.69, 9.17) is 11.6 Å². The van der Waals surface area contributed by atoms with Crippen LogP contribution in [0.15, 0.2) is 36.4 Å². The molecule has 2 rings (SSSR count). The number of benzene rings is 1. The lowest BCUT2D eigenvalue weighted by Gasteiger charge is -2.13. The molecule has 8 heteroatoms. The third-order valence-electron chi connectivity index (χ3n) is 2.60. The zero-order valence-corrected chi connectivity index (χ0v) is 11.9. The van der Waals surface area contributed by atoms with E-state index >= 15 is 0 Å². The summed E-state index contributed by atoms with van der Waals surface area (Å²) in [5.74, 6) is -1.12. The monoisotopic (exact) mass is 331 g/mol. The number of para-hydroxylation sites is 1. The Hall–Kier alpha value is -2.28. The Morgan fingerprint density at radius 3 is 2.55 bits per heavy atom. The van der Waals surface area contributed by atoms with Gasteiger partial charge in [0.05, 0.1) is 18.4 Å². The number of nitrogens with zero attached hydrogens (tertiary/aromatic N) is 1. The molecule has 0 amide bonds. The first-order valence-corrected chi connectivity index (χ1v) is 6.29. The summed E-state index contributed by atoms with van der Waals surface area (Å²) in [6.07, 6.45) is -4.85. The smallest absolute Gasteiger partial charge is 0.465 e. The molecule has 0 bridgehead atoms. The second-order valence-corrected chi connectivity index (χ2v) is 4.49. The van der Waals surface area contributed by atoms with Crippen molar-refractivity contribution in [2.45, 2.75) is 6.36 Å². The van der Waals surface area contributed by atoms with Crippen LogP contribution in [0.1, 0.15) is 10.4 Å². The van der Waals surface area contributed by atoms with Gasteiger partial charge in [0, 0.05) is 5.56 Å². The third kappa shape index (κ3) is 3.88. The van der Waals surface area contributed by atoms with Crippen molar-refractivity contribution in [2.75, 3.05) is 7.11 Å². The molecular weight excluding hydrogens is 323 g/mol. The molecule has 116 valence electrons. The molecule has 0 aliphatic rings. The van der Waals surface area contributed by atoms with Crippen LogP contribution in [0.25, 0.3) is 11.3 Å². The topological polar surface area (TPSA) is 48.4 Å². The number of alkyl halides is 3. The molecule has 0 unspecified atom stereocenters. The first-order chi connectivity index (χ1) is 10.3. The van der Waals surface area contributed by atoms with Crippen LogP contribution in [0.2, 0.25) is 5.15 Å². The summed E-state index contributed by atoms with van der Waals surface area (Å²) in [6.45, 7) is 0. The fraction of sp³-hybridized carbons (Fsp3) is 0.143. The van der Waals surface area contributed by atoms with Crippen LogP contribution in [0, 0.1) is 0 Å². The summed E-state index contributed by atoms with van der Waals surface area (Å²) in [6, 6.07) is 7.94. The molecule has 0 atom stereocenters. The summed E-state index contributed by atoms with van der Waals surface area (Å²) < 4.78 is 45.8. The normalized spacial score (nSPS) is 11.1. The number of methoxy groups -OCH3 is 1. The quantitative estimate of drug-likeness (QED) is 0.628. The molecule has 22 heavy (non-hydrogen) atoms. The Balaban J connectivity index is 2.52. The van der Waals surface area contributed by atoms with Crippen molar-refractivity contribution in [3.05, 3.63) is 47.1 Å². The number of aromatic nitrogens is 1. The number of hydrogen-bond donors (Lipinski definition) is 0. The van der Waals surface area contributed by atoms with E-state index in [1.54, 1.807) is 0 Å². The SMILES string of the molecule is COC(=O)c1cc(Cl)nc(-c2ccccc2OC(F)(F)F)c1. The van der Waals surface area contributed by atoms with Gasteiger partial charge in [-0.3, -0.25) is 0 Å². The van der Waals surface area contributed by atoms with E-state index in [1.165, 1.54) is 37.4 Å². The first-order valence-electron chi connectivity index (χ1n) is 5.91. The zero-order chi connectivity index (χ0) is 16.3. The summed E-state index contributed by atoms with van der Waals surface area (Å²) in [5, 5.41) is -0.0558. The molecule has 1 aromatic carbocycles. The van der Waals surface area contributed by atoms with Gasteiger partial charge < -0.3 is 9.47 Å². The molecular formula is C14H9ClF3NO3. The molecule has 4 nitrogen and oxygen atoms in total. The fourth-order valence-electron chi connectivity index (χ4n) is 1.76. The van der Waals surface area contributed by atoms with E-state index in [-0.39, 0.29) is 22.0 Å². The van der Waals surface area contributed by atoms with Crippen molar-refractivity contribution in [2.24, 2.45) is 0 Å². The summed E-state index contributed by atoms with van der Waals surface area (Å²) in [4.78, 5) is 15.5. The maximum absolute atomic E-state index is 12.4. The van der Waals surface area contributed by atoms with Crippen LogP contribution < -0.4 is 4.74 Å². The first kappa shape index (κ1) is 16.1. The Bertz CT molecular complexity index is 704. The van der Waals surface area contributed by atoms with Gasteiger partial charge in [0.25, 0.3) is 0 Å². The number of halogens is 4. The standard InChI is InChI=1S/C14H9ClF3NO3/c1-21-13(20)8-6-10(19-12(15)7-8)9-4-2-3-5-11(9)22-14(16,17)18/h2-7H,1H3. The minimum atomic E-state index is -4.85. The number of pyridine rings is 1. The minimum Gasteiger partial charge on any atom is -0.465 e. The molecule has 1 heterocycles. The van der Waals surface area contributed by atoms with Gasteiger partial charge >= 0.3 is 12.3 Å². The van der Waals surface area contributed by atoms with E-state index in [0.717, 1.165) is 6.07 Å². The molecule has 0 saturated heterocycles. The predicted molar refractivity (Wildman–Crippen MR) is 72.7 cm³/mol. The maximum Gasteiger partial charge on any atom is 0.573 e. The van der Waals surface area contributed by atoms with Crippen molar-refractivity contribution in [3.8, 4) is 17.0 Å². The number of carbonyl (C=O) groups is 1. The van der Waals surface area contributed by atoms with E-state index in [1.807, 2.05) is 0 Å². The van der Waals surface area contributed by atoms with Gasteiger partial charge in [-0.15, -0.1) is 13.2 Å². The van der Waals surface area contributed by atoms with Crippen LogP contribution in [0.5, 0.6) is 5.75 Å². The van der Waals surface area contributed by atoms with E-state index in [0.29, 0.717) is 0 Å². The number of esters is 1. The molecule has 2 aromatic rings.